The third-order valence-electron chi connectivity index (χ3n) is 6.91. The largest absolute Gasteiger partial charge is 0.458 e. The summed E-state index contributed by atoms with van der Waals surface area (Å²) in [4.78, 5) is 25.6. The van der Waals surface area contributed by atoms with Crippen molar-refractivity contribution in [2.45, 2.75) is 69.4 Å². The lowest BCUT2D eigenvalue weighted by Gasteiger charge is -2.42. The van der Waals surface area contributed by atoms with Crippen LogP contribution < -0.4 is 0 Å². The summed E-state index contributed by atoms with van der Waals surface area (Å²) in [5, 5.41) is 0. The number of ether oxygens (including phenoxy) is 4. The van der Waals surface area contributed by atoms with E-state index in [1.165, 1.54) is 0 Å². The minimum Gasteiger partial charge on any atom is -0.458 e. The molecule has 5 fully saturated rings. The first-order chi connectivity index (χ1) is 12.2. The van der Waals surface area contributed by atoms with Gasteiger partial charge in [0, 0.05) is 5.92 Å². The van der Waals surface area contributed by atoms with E-state index in [1.807, 2.05) is 13.8 Å². The fraction of sp³-hybridized carbons (Fsp3) is 0.700. The number of ketones is 1. The number of carbonyl (C=O) groups excluding carboxylic acids is 2. The Morgan fingerprint density at radius 1 is 1.04 bits per heavy atom. The van der Waals surface area contributed by atoms with Gasteiger partial charge >= 0.3 is 5.97 Å². The summed E-state index contributed by atoms with van der Waals surface area (Å²) in [7, 11) is 0. The molecule has 0 radical (unpaired) electrons. The van der Waals surface area contributed by atoms with E-state index in [-0.39, 0.29) is 29.5 Å². The number of rotatable bonds is 2. The van der Waals surface area contributed by atoms with Crippen LogP contribution in [-0.2, 0) is 28.5 Å². The highest BCUT2D eigenvalue weighted by atomic mass is 16.8. The van der Waals surface area contributed by atoms with Crippen molar-refractivity contribution in [3.05, 3.63) is 24.3 Å². The molecular weight excluding hydrogens is 336 g/mol. The van der Waals surface area contributed by atoms with Crippen LogP contribution in [0, 0.1) is 17.8 Å². The van der Waals surface area contributed by atoms with Gasteiger partial charge in [0.15, 0.2) is 11.4 Å². The summed E-state index contributed by atoms with van der Waals surface area (Å²) < 4.78 is 24.5. The van der Waals surface area contributed by atoms with E-state index in [0.29, 0.717) is 12.8 Å². The highest BCUT2D eigenvalue weighted by Crippen LogP contribution is 2.62. The van der Waals surface area contributed by atoms with Gasteiger partial charge in [-0.15, -0.1) is 0 Å². The molecule has 0 aromatic carbocycles. The highest BCUT2D eigenvalue weighted by Gasteiger charge is 2.81. The fourth-order valence-corrected chi connectivity index (χ4v) is 5.55. The van der Waals surface area contributed by atoms with Crippen LogP contribution in [0.2, 0.25) is 0 Å². The number of fused-ring (bicyclic) bond motifs is 2. The first kappa shape index (κ1) is 16.7. The third kappa shape index (κ3) is 1.78. The Morgan fingerprint density at radius 2 is 1.77 bits per heavy atom. The number of Topliss-reactive ketones (excluding diaryl/α,β-unsaturated/α-hetero) is 1. The van der Waals surface area contributed by atoms with Crippen LogP contribution in [0.15, 0.2) is 24.3 Å². The SMILES string of the molecule is C=C(C)[C@H]1CC[C@@H]2C(=O)O[C@H]3[C@@H]2O[C@@]2(O[C@@H]1C(=O)[C@@]1(C)O[C@@H]21)[C@@H]3C(=C)C. The molecule has 0 amide bonds. The summed E-state index contributed by atoms with van der Waals surface area (Å²) in [5.74, 6) is -2.31. The average Bonchev–Trinajstić information content (AvgIpc) is 3.04. The van der Waals surface area contributed by atoms with Gasteiger partial charge in [-0.25, -0.2) is 0 Å². The van der Waals surface area contributed by atoms with E-state index >= 15 is 0 Å². The molecule has 0 unspecified atom stereocenters. The van der Waals surface area contributed by atoms with E-state index in [1.54, 1.807) is 6.92 Å². The van der Waals surface area contributed by atoms with Crippen LogP contribution in [-0.4, -0.2) is 47.6 Å². The molecule has 26 heavy (non-hydrogen) atoms. The number of hydrogen-bond donors (Lipinski definition) is 0. The Labute approximate surface area is 152 Å². The zero-order valence-corrected chi connectivity index (χ0v) is 15.3. The summed E-state index contributed by atoms with van der Waals surface area (Å²) in [6.07, 6.45) is -0.804. The molecule has 0 N–H and O–H groups in total. The van der Waals surface area contributed by atoms with E-state index in [4.69, 9.17) is 18.9 Å². The van der Waals surface area contributed by atoms with Crippen molar-refractivity contribution in [1.82, 2.24) is 0 Å². The molecule has 6 nitrogen and oxygen atoms in total. The van der Waals surface area contributed by atoms with Crippen LogP contribution in [0.1, 0.15) is 33.6 Å². The molecule has 5 saturated heterocycles. The fourth-order valence-electron chi connectivity index (χ4n) is 5.55. The lowest BCUT2D eigenvalue weighted by molar-refractivity contribution is -0.279. The summed E-state index contributed by atoms with van der Waals surface area (Å²) in [6, 6.07) is 0. The van der Waals surface area contributed by atoms with Gasteiger partial charge in [-0.1, -0.05) is 24.3 Å². The quantitative estimate of drug-likeness (QED) is 0.426. The van der Waals surface area contributed by atoms with Gasteiger partial charge in [0.05, 0.1) is 11.8 Å². The monoisotopic (exact) mass is 360 g/mol. The van der Waals surface area contributed by atoms with Crippen LogP contribution in [0.25, 0.3) is 0 Å². The number of carbonyl (C=O) groups is 2. The van der Waals surface area contributed by atoms with Gasteiger partial charge in [0.25, 0.3) is 0 Å². The summed E-state index contributed by atoms with van der Waals surface area (Å²) >= 11 is 0. The van der Waals surface area contributed by atoms with E-state index in [0.717, 1.165) is 11.1 Å². The molecule has 0 aliphatic carbocycles. The highest BCUT2D eigenvalue weighted by molar-refractivity contribution is 5.96. The second kappa shape index (κ2) is 4.86. The van der Waals surface area contributed by atoms with Crippen molar-refractivity contribution >= 4 is 11.8 Å². The molecule has 140 valence electrons. The van der Waals surface area contributed by atoms with Crippen molar-refractivity contribution in [2.75, 3.05) is 0 Å². The van der Waals surface area contributed by atoms with E-state index in [9.17, 15) is 9.59 Å². The number of hydrogen-bond acceptors (Lipinski definition) is 6. The molecular formula is C20H24O6. The number of epoxide rings is 1. The van der Waals surface area contributed by atoms with Crippen LogP contribution >= 0.6 is 0 Å². The van der Waals surface area contributed by atoms with Gasteiger partial charge in [-0.3, -0.25) is 9.59 Å². The normalized spacial score (nSPS) is 53.9. The van der Waals surface area contributed by atoms with Crippen LogP contribution in [0.3, 0.4) is 0 Å². The van der Waals surface area contributed by atoms with Crippen molar-refractivity contribution in [1.29, 1.82) is 0 Å². The van der Waals surface area contributed by atoms with Gasteiger partial charge in [-0.05, 0) is 33.6 Å². The average molecular weight is 360 g/mol. The van der Waals surface area contributed by atoms with Gasteiger partial charge in [-0.2, -0.15) is 0 Å². The maximum absolute atomic E-state index is 13.1. The Kier molecular flexibility index (Phi) is 3.11. The maximum atomic E-state index is 13.1. The maximum Gasteiger partial charge on any atom is 0.312 e. The minimum atomic E-state index is -1.13. The van der Waals surface area contributed by atoms with Gasteiger partial charge in [0.2, 0.25) is 5.79 Å². The predicted molar refractivity (Wildman–Crippen MR) is 90.0 cm³/mol. The molecule has 0 aromatic heterocycles. The second-order valence-corrected chi connectivity index (χ2v) is 8.67. The molecule has 1 spiro atoms. The Morgan fingerprint density at radius 3 is 2.42 bits per heavy atom. The van der Waals surface area contributed by atoms with Gasteiger partial charge < -0.3 is 18.9 Å². The van der Waals surface area contributed by atoms with Gasteiger partial charge in [0.1, 0.15) is 24.4 Å². The molecule has 9 atom stereocenters. The molecule has 5 aliphatic heterocycles. The standard InChI is InChI=1S/C20H24O6/c1-8(2)10-6-7-11-13-15(23-17(11)22)12(9(3)4)20(24-13)18-19(5,26-18)16(21)14(10)25-20/h10-15,18H,1,3,6-7H2,2,4-5H3/t10-,11+,12-,13-,14+,15-,18-,19-,20-/m1/s1. The Hall–Kier alpha value is -1.50. The van der Waals surface area contributed by atoms with Crippen molar-refractivity contribution in [3.63, 3.8) is 0 Å². The number of esters is 1. The van der Waals surface area contributed by atoms with Crippen molar-refractivity contribution < 1.29 is 28.5 Å². The molecule has 3 bridgehead atoms. The summed E-state index contributed by atoms with van der Waals surface area (Å²) in [5.41, 5.74) is 0.755. The smallest absolute Gasteiger partial charge is 0.312 e. The van der Waals surface area contributed by atoms with Crippen molar-refractivity contribution in [3.8, 4) is 0 Å². The van der Waals surface area contributed by atoms with E-state index in [2.05, 4.69) is 13.2 Å². The first-order valence-electron chi connectivity index (χ1n) is 9.30. The molecule has 5 heterocycles. The lowest BCUT2D eigenvalue weighted by Crippen LogP contribution is -2.60. The Bertz CT molecular complexity index is 757. The van der Waals surface area contributed by atoms with Crippen LogP contribution in [0.4, 0.5) is 0 Å². The third-order valence-corrected chi connectivity index (χ3v) is 6.91. The predicted octanol–water partition coefficient (Wildman–Crippen LogP) is 1.93. The molecule has 0 saturated carbocycles. The Balaban J connectivity index is 1.69. The first-order valence-corrected chi connectivity index (χ1v) is 9.30. The second-order valence-electron chi connectivity index (χ2n) is 8.67. The zero-order valence-electron chi connectivity index (χ0n) is 15.3. The molecule has 0 aromatic rings. The topological polar surface area (TPSA) is 74.4 Å². The molecule has 5 aliphatic rings. The van der Waals surface area contributed by atoms with Crippen LogP contribution in [0.5, 0.6) is 0 Å². The van der Waals surface area contributed by atoms with E-state index < -0.39 is 35.8 Å². The minimum absolute atomic E-state index is 0.0601. The zero-order chi connectivity index (χ0) is 18.6. The molecule has 6 heteroatoms. The van der Waals surface area contributed by atoms with Crippen molar-refractivity contribution in [2.24, 2.45) is 17.8 Å². The summed E-state index contributed by atoms with van der Waals surface area (Å²) in [6.45, 7) is 13.8. The molecule has 5 rings (SSSR count). The lowest BCUT2D eigenvalue weighted by atomic mass is 9.74.